The second-order valence-electron chi connectivity index (χ2n) is 9.53. The highest BCUT2D eigenvalue weighted by atomic mass is 16.5. The smallest absolute Gasteiger partial charge is 0.407 e. The van der Waals surface area contributed by atoms with Crippen LogP contribution >= 0.6 is 0 Å². The van der Waals surface area contributed by atoms with Gasteiger partial charge in [-0.2, -0.15) is 0 Å². The van der Waals surface area contributed by atoms with E-state index in [0.717, 1.165) is 22.3 Å². The molecule has 182 valence electrons. The van der Waals surface area contributed by atoms with Crippen LogP contribution in [-0.2, 0) is 19.1 Å². The van der Waals surface area contributed by atoms with Crippen molar-refractivity contribution < 1.29 is 29.0 Å². The minimum absolute atomic E-state index is 0.108. The van der Waals surface area contributed by atoms with Gasteiger partial charge in [-0.05, 0) is 34.6 Å². The number of carbonyl (C=O) groups excluding carboxylic acids is 2. The van der Waals surface area contributed by atoms with Crippen LogP contribution in [0.1, 0.15) is 44.7 Å². The van der Waals surface area contributed by atoms with Crippen molar-refractivity contribution >= 4 is 18.0 Å². The van der Waals surface area contributed by atoms with Gasteiger partial charge in [0.15, 0.2) is 6.04 Å². The quantitative estimate of drug-likeness (QED) is 0.546. The average molecular weight is 469 g/mol. The number of hydrogen-bond acceptors (Lipinski definition) is 5. The Balaban J connectivity index is 1.70. The van der Waals surface area contributed by atoms with E-state index in [0.29, 0.717) is 0 Å². The number of carboxylic acids is 1. The van der Waals surface area contributed by atoms with Crippen LogP contribution in [0.15, 0.2) is 48.5 Å². The summed E-state index contributed by atoms with van der Waals surface area (Å²) in [6.07, 6.45) is -1.50. The van der Waals surface area contributed by atoms with Crippen LogP contribution in [0.5, 0.6) is 0 Å². The van der Waals surface area contributed by atoms with Crippen molar-refractivity contribution in [2.75, 3.05) is 13.7 Å². The summed E-state index contributed by atoms with van der Waals surface area (Å²) in [6.45, 7) is 6.98. The van der Waals surface area contributed by atoms with Crippen LogP contribution in [0.4, 0.5) is 4.79 Å². The molecule has 0 radical (unpaired) electrons. The Morgan fingerprint density at radius 3 is 1.97 bits per heavy atom. The van der Waals surface area contributed by atoms with Gasteiger partial charge in [0.2, 0.25) is 5.91 Å². The third-order valence-corrected chi connectivity index (χ3v) is 6.14. The summed E-state index contributed by atoms with van der Waals surface area (Å²) in [4.78, 5) is 37.3. The van der Waals surface area contributed by atoms with E-state index in [-0.39, 0.29) is 12.5 Å². The SMILES string of the molecule is CO[C@H](C)[C@H](NC(=O)[C@@H](NC(=O)OCC1c2ccccc2-c2ccccc21)C(C)(C)C)C(=O)O. The van der Waals surface area contributed by atoms with Crippen LogP contribution in [0.25, 0.3) is 11.1 Å². The molecular weight excluding hydrogens is 436 g/mol. The highest BCUT2D eigenvalue weighted by molar-refractivity contribution is 5.90. The highest BCUT2D eigenvalue weighted by Crippen LogP contribution is 2.44. The summed E-state index contributed by atoms with van der Waals surface area (Å²) in [5.74, 6) is -1.96. The molecule has 0 aliphatic heterocycles. The number of aliphatic carboxylic acids is 1. The van der Waals surface area contributed by atoms with E-state index in [1.54, 1.807) is 27.7 Å². The van der Waals surface area contributed by atoms with Gasteiger partial charge >= 0.3 is 12.1 Å². The maximum atomic E-state index is 12.9. The number of benzene rings is 2. The topological polar surface area (TPSA) is 114 Å². The van der Waals surface area contributed by atoms with Gasteiger partial charge in [0, 0.05) is 13.0 Å². The summed E-state index contributed by atoms with van der Waals surface area (Å²) in [6, 6.07) is 13.7. The lowest BCUT2D eigenvalue weighted by molar-refractivity contribution is -0.146. The van der Waals surface area contributed by atoms with Crippen LogP contribution < -0.4 is 10.6 Å². The summed E-state index contributed by atoms with van der Waals surface area (Å²) in [5.41, 5.74) is 3.70. The summed E-state index contributed by atoms with van der Waals surface area (Å²) in [7, 11) is 1.36. The standard InChI is InChI=1S/C26H32N2O6/c1-15(33-5)21(24(30)31)27-23(29)22(26(2,3)4)28-25(32)34-14-20-18-12-8-6-10-16(18)17-11-7-9-13-19(17)20/h6-13,15,20-22H,14H2,1-5H3,(H,27,29)(H,28,32)(H,30,31)/t15-,21+,22-/m1/s1. The minimum Gasteiger partial charge on any atom is -0.480 e. The highest BCUT2D eigenvalue weighted by Gasteiger charge is 2.37. The van der Waals surface area contributed by atoms with E-state index in [9.17, 15) is 19.5 Å². The zero-order chi connectivity index (χ0) is 25.0. The lowest BCUT2D eigenvalue weighted by atomic mass is 9.86. The predicted molar refractivity (Wildman–Crippen MR) is 127 cm³/mol. The second kappa shape index (κ2) is 10.3. The third-order valence-electron chi connectivity index (χ3n) is 6.14. The predicted octanol–water partition coefficient (Wildman–Crippen LogP) is 3.54. The minimum atomic E-state index is -1.26. The molecule has 0 bridgehead atoms. The molecule has 8 heteroatoms. The Kier molecular flexibility index (Phi) is 7.61. The van der Waals surface area contributed by atoms with E-state index in [1.807, 2.05) is 48.5 Å². The van der Waals surface area contributed by atoms with Gasteiger partial charge in [-0.25, -0.2) is 9.59 Å². The molecule has 1 aliphatic carbocycles. The molecule has 1 aliphatic rings. The number of methoxy groups -OCH3 is 1. The first kappa shape index (κ1) is 25.2. The molecule has 0 unspecified atom stereocenters. The largest absolute Gasteiger partial charge is 0.480 e. The van der Waals surface area contributed by atoms with E-state index < -0.39 is 41.6 Å². The summed E-state index contributed by atoms with van der Waals surface area (Å²) in [5, 5.41) is 14.5. The number of nitrogens with one attached hydrogen (secondary N) is 2. The van der Waals surface area contributed by atoms with Crippen molar-refractivity contribution in [2.45, 2.75) is 51.8 Å². The number of rotatable bonds is 8. The Bertz CT molecular complexity index is 1020. The van der Waals surface area contributed by atoms with E-state index in [4.69, 9.17) is 9.47 Å². The lowest BCUT2D eigenvalue weighted by Crippen LogP contribution is -2.58. The molecule has 3 N–H and O–H groups in total. The molecule has 0 saturated heterocycles. The molecule has 2 aromatic carbocycles. The monoisotopic (exact) mass is 468 g/mol. The number of carboxylic acid groups (broad SMARTS) is 1. The van der Waals surface area contributed by atoms with E-state index in [1.165, 1.54) is 7.11 Å². The van der Waals surface area contributed by atoms with Gasteiger partial charge in [0.05, 0.1) is 6.10 Å². The molecule has 3 atom stereocenters. The van der Waals surface area contributed by atoms with Gasteiger partial charge in [-0.15, -0.1) is 0 Å². The first-order chi connectivity index (χ1) is 16.0. The number of fused-ring (bicyclic) bond motifs is 3. The van der Waals surface area contributed by atoms with Crippen LogP contribution in [0.3, 0.4) is 0 Å². The molecule has 0 spiro atoms. The zero-order valence-corrected chi connectivity index (χ0v) is 20.1. The first-order valence-electron chi connectivity index (χ1n) is 11.2. The molecule has 0 aromatic heterocycles. The molecule has 3 rings (SSSR count). The van der Waals surface area contributed by atoms with E-state index in [2.05, 4.69) is 10.6 Å². The van der Waals surface area contributed by atoms with Crippen molar-refractivity contribution in [2.24, 2.45) is 5.41 Å². The Labute approximate surface area is 199 Å². The third kappa shape index (κ3) is 5.39. The van der Waals surface area contributed by atoms with Crippen molar-refractivity contribution in [3.05, 3.63) is 59.7 Å². The lowest BCUT2D eigenvalue weighted by Gasteiger charge is -2.32. The maximum Gasteiger partial charge on any atom is 0.407 e. The van der Waals surface area contributed by atoms with E-state index >= 15 is 0 Å². The second-order valence-corrected chi connectivity index (χ2v) is 9.53. The fraction of sp³-hybridized carbons (Fsp3) is 0.423. The van der Waals surface area contributed by atoms with Crippen LogP contribution in [-0.4, -0.2) is 55.0 Å². The fourth-order valence-corrected chi connectivity index (χ4v) is 4.19. The molecule has 8 nitrogen and oxygen atoms in total. The maximum absolute atomic E-state index is 12.9. The Morgan fingerprint density at radius 1 is 0.971 bits per heavy atom. The fourth-order valence-electron chi connectivity index (χ4n) is 4.19. The van der Waals surface area contributed by atoms with Gasteiger partial charge < -0.3 is 25.2 Å². The Morgan fingerprint density at radius 2 is 1.50 bits per heavy atom. The van der Waals surface area contributed by atoms with Gasteiger partial charge in [-0.1, -0.05) is 69.3 Å². The number of hydrogen-bond donors (Lipinski definition) is 3. The number of carbonyl (C=O) groups is 3. The first-order valence-corrected chi connectivity index (χ1v) is 11.2. The van der Waals surface area contributed by atoms with Crippen molar-refractivity contribution in [3.8, 4) is 11.1 Å². The number of amides is 2. The van der Waals surface area contributed by atoms with Crippen molar-refractivity contribution in [1.29, 1.82) is 0 Å². The normalized spacial score (nSPS) is 15.4. The molecule has 34 heavy (non-hydrogen) atoms. The van der Waals surface area contributed by atoms with Gasteiger partial charge in [-0.3, -0.25) is 4.79 Å². The van der Waals surface area contributed by atoms with Crippen LogP contribution in [0, 0.1) is 5.41 Å². The molecular formula is C26H32N2O6. The number of alkyl carbamates (subject to hydrolysis) is 1. The number of ether oxygens (including phenoxy) is 2. The molecule has 2 amide bonds. The van der Waals surface area contributed by atoms with Crippen molar-refractivity contribution in [1.82, 2.24) is 10.6 Å². The zero-order valence-electron chi connectivity index (χ0n) is 20.1. The molecule has 0 heterocycles. The average Bonchev–Trinajstić information content (AvgIpc) is 3.11. The summed E-state index contributed by atoms with van der Waals surface area (Å²) >= 11 is 0. The molecule has 0 saturated carbocycles. The Hall–Kier alpha value is -3.39. The molecule has 2 aromatic rings. The van der Waals surface area contributed by atoms with Gasteiger partial charge in [0.25, 0.3) is 0 Å². The van der Waals surface area contributed by atoms with Gasteiger partial charge in [0.1, 0.15) is 12.6 Å². The van der Waals surface area contributed by atoms with Crippen LogP contribution in [0.2, 0.25) is 0 Å². The molecule has 0 fully saturated rings. The van der Waals surface area contributed by atoms with Crippen molar-refractivity contribution in [3.63, 3.8) is 0 Å². The summed E-state index contributed by atoms with van der Waals surface area (Å²) < 4.78 is 10.6.